The van der Waals surface area contributed by atoms with E-state index in [1.165, 1.54) is 6.26 Å². The molecule has 2 aromatic rings. The van der Waals surface area contributed by atoms with Crippen LogP contribution in [0.5, 0.6) is 11.5 Å². The highest BCUT2D eigenvalue weighted by Crippen LogP contribution is 2.22. The fourth-order valence-corrected chi connectivity index (χ4v) is 2.50. The van der Waals surface area contributed by atoms with Gasteiger partial charge in [0.25, 0.3) is 0 Å². The van der Waals surface area contributed by atoms with E-state index in [0.29, 0.717) is 13.0 Å². The van der Waals surface area contributed by atoms with E-state index >= 15 is 0 Å². The van der Waals surface area contributed by atoms with Crippen LogP contribution >= 0.6 is 0 Å². The average molecular weight is 305 g/mol. The SMILES string of the molecule is CS(=O)(=O)CCCNc1ccc(Oc2ccccc2)cc1. The van der Waals surface area contributed by atoms with Crippen molar-refractivity contribution in [1.29, 1.82) is 0 Å². The molecule has 0 aliphatic rings. The number of hydrogen-bond donors (Lipinski definition) is 1. The minimum Gasteiger partial charge on any atom is -0.457 e. The number of benzene rings is 2. The lowest BCUT2D eigenvalue weighted by molar-refractivity contribution is 0.483. The number of anilines is 1. The summed E-state index contributed by atoms with van der Waals surface area (Å²) in [6.07, 6.45) is 1.85. The lowest BCUT2D eigenvalue weighted by Gasteiger charge is -2.08. The van der Waals surface area contributed by atoms with E-state index in [9.17, 15) is 8.42 Å². The predicted molar refractivity (Wildman–Crippen MR) is 85.8 cm³/mol. The quantitative estimate of drug-likeness (QED) is 0.797. The standard InChI is InChI=1S/C16H19NO3S/c1-21(18,19)13-5-12-17-14-8-10-16(11-9-14)20-15-6-3-2-4-7-15/h2-4,6-11,17H,5,12-13H2,1H3. The summed E-state index contributed by atoms with van der Waals surface area (Å²) in [5.74, 6) is 1.77. The van der Waals surface area contributed by atoms with E-state index in [-0.39, 0.29) is 5.75 Å². The number of nitrogens with one attached hydrogen (secondary N) is 1. The van der Waals surface area contributed by atoms with Gasteiger partial charge in [-0.2, -0.15) is 0 Å². The minimum atomic E-state index is -2.88. The van der Waals surface area contributed by atoms with Crippen molar-refractivity contribution in [3.8, 4) is 11.5 Å². The second-order valence-corrected chi connectivity index (χ2v) is 7.11. The molecule has 0 spiro atoms. The second-order valence-electron chi connectivity index (χ2n) is 4.85. The average Bonchev–Trinajstić information content (AvgIpc) is 2.45. The zero-order chi connectivity index (χ0) is 15.1. The van der Waals surface area contributed by atoms with Gasteiger partial charge in [-0.25, -0.2) is 8.42 Å². The molecule has 0 amide bonds. The minimum absolute atomic E-state index is 0.204. The highest BCUT2D eigenvalue weighted by Gasteiger charge is 2.01. The molecule has 0 heterocycles. The van der Waals surface area contributed by atoms with Crippen LogP contribution in [0.4, 0.5) is 5.69 Å². The normalized spacial score (nSPS) is 11.1. The second kappa shape index (κ2) is 7.13. The Hall–Kier alpha value is -2.01. The largest absolute Gasteiger partial charge is 0.457 e. The van der Waals surface area contributed by atoms with Crippen LogP contribution in [0.25, 0.3) is 0 Å². The molecule has 0 aromatic heterocycles. The van der Waals surface area contributed by atoms with Gasteiger partial charge in [0.2, 0.25) is 0 Å². The Balaban J connectivity index is 1.82. The van der Waals surface area contributed by atoms with Gasteiger partial charge in [-0.1, -0.05) is 18.2 Å². The van der Waals surface area contributed by atoms with Crippen molar-refractivity contribution >= 4 is 15.5 Å². The van der Waals surface area contributed by atoms with Crippen molar-refractivity contribution in [3.63, 3.8) is 0 Å². The number of hydrogen-bond acceptors (Lipinski definition) is 4. The van der Waals surface area contributed by atoms with Gasteiger partial charge < -0.3 is 10.1 Å². The Morgan fingerprint density at radius 2 is 1.57 bits per heavy atom. The number of sulfone groups is 1. The summed E-state index contributed by atoms with van der Waals surface area (Å²) in [7, 11) is -2.88. The Bertz CT molecular complexity index is 652. The summed E-state index contributed by atoms with van der Waals surface area (Å²) < 4.78 is 27.7. The first-order chi connectivity index (χ1) is 10.0. The molecular formula is C16H19NO3S. The van der Waals surface area contributed by atoms with E-state index < -0.39 is 9.84 Å². The van der Waals surface area contributed by atoms with Gasteiger partial charge in [0.15, 0.2) is 0 Å². The molecule has 0 saturated carbocycles. The van der Waals surface area contributed by atoms with Crippen molar-refractivity contribution in [1.82, 2.24) is 0 Å². The molecule has 0 radical (unpaired) electrons. The number of rotatable bonds is 7. The molecule has 0 atom stereocenters. The van der Waals surface area contributed by atoms with Crippen LogP contribution < -0.4 is 10.1 Å². The van der Waals surface area contributed by atoms with Gasteiger partial charge in [0.1, 0.15) is 21.3 Å². The molecule has 0 aliphatic heterocycles. The van der Waals surface area contributed by atoms with Crippen molar-refractivity contribution in [2.45, 2.75) is 6.42 Å². The molecule has 2 rings (SSSR count). The van der Waals surface area contributed by atoms with Crippen molar-refractivity contribution < 1.29 is 13.2 Å². The van der Waals surface area contributed by atoms with Crippen LogP contribution in [0.3, 0.4) is 0 Å². The molecular weight excluding hydrogens is 286 g/mol. The summed E-state index contributed by atoms with van der Waals surface area (Å²) in [4.78, 5) is 0. The fourth-order valence-electron chi connectivity index (χ4n) is 1.83. The first kappa shape index (κ1) is 15.4. The molecule has 5 heteroatoms. The molecule has 4 nitrogen and oxygen atoms in total. The smallest absolute Gasteiger partial charge is 0.147 e. The summed E-state index contributed by atoms with van der Waals surface area (Å²) in [6.45, 7) is 0.631. The lowest BCUT2D eigenvalue weighted by Crippen LogP contribution is -2.09. The zero-order valence-electron chi connectivity index (χ0n) is 12.0. The molecule has 21 heavy (non-hydrogen) atoms. The molecule has 1 N–H and O–H groups in total. The summed E-state index contributed by atoms with van der Waals surface area (Å²) in [5.41, 5.74) is 0.948. The van der Waals surface area contributed by atoms with E-state index in [1.807, 2.05) is 54.6 Å². The van der Waals surface area contributed by atoms with Crippen LogP contribution in [0, 0.1) is 0 Å². The van der Waals surface area contributed by atoms with Gasteiger partial charge in [-0.05, 0) is 42.8 Å². The van der Waals surface area contributed by atoms with Crippen molar-refractivity contribution in [2.75, 3.05) is 23.9 Å². The molecule has 0 unspecified atom stereocenters. The summed E-state index contributed by atoms with van der Waals surface area (Å²) in [5, 5.41) is 3.19. The molecule has 112 valence electrons. The van der Waals surface area contributed by atoms with Crippen LogP contribution in [-0.4, -0.2) is 27.0 Å². The molecule has 0 bridgehead atoms. The predicted octanol–water partition coefficient (Wildman–Crippen LogP) is 3.33. The Morgan fingerprint density at radius 3 is 2.19 bits per heavy atom. The Kier molecular flexibility index (Phi) is 5.22. The third-order valence-corrected chi connectivity index (χ3v) is 3.88. The maximum atomic E-state index is 11.0. The van der Waals surface area contributed by atoms with Crippen molar-refractivity contribution in [3.05, 3.63) is 54.6 Å². The highest BCUT2D eigenvalue weighted by atomic mass is 32.2. The first-order valence-corrected chi connectivity index (χ1v) is 8.83. The Labute approximate surface area is 125 Å². The highest BCUT2D eigenvalue weighted by molar-refractivity contribution is 7.90. The molecule has 2 aromatic carbocycles. The van der Waals surface area contributed by atoms with Gasteiger partial charge in [0.05, 0.1) is 5.75 Å². The lowest BCUT2D eigenvalue weighted by atomic mass is 10.3. The summed E-state index contributed by atoms with van der Waals surface area (Å²) in [6, 6.07) is 17.2. The van der Waals surface area contributed by atoms with E-state index in [1.54, 1.807) is 0 Å². The van der Waals surface area contributed by atoms with E-state index in [0.717, 1.165) is 17.2 Å². The monoisotopic (exact) mass is 305 g/mol. The third kappa shape index (κ3) is 5.87. The first-order valence-electron chi connectivity index (χ1n) is 6.77. The summed E-state index contributed by atoms with van der Waals surface area (Å²) >= 11 is 0. The van der Waals surface area contributed by atoms with Gasteiger partial charge in [-0.15, -0.1) is 0 Å². The maximum absolute atomic E-state index is 11.0. The zero-order valence-corrected chi connectivity index (χ0v) is 12.8. The van der Waals surface area contributed by atoms with Gasteiger partial charge >= 0.3 is 0 Å². The molecule has 0 saturated heterocycles. The Morgan fingerprint density at radius 1 is 0.952 bits per heavy atom. The van der Waals surface area contributed by atoms with E-state index in [4.69, 9.17) is 4.74 Å². The van der Waals surface area contributed by atoms with Crippen molar-refractivity contribution in [2.24, 2.45) is 0 Å². The van der Waals surface area contributed by atoms with Gasteiger partial charge in [-0.3, -0.25) is 0 Å². The molecule has 0 aliphatic carbocycles. The van der Waals surface area contributed by atoms with Crippen LogP contribution in [0.15, 0.2) is 54.6 Å². The van der Waals surface area contributed by atoms with Crippen LogP contribution in [0.2, 0.25) is 0 Å². The number of para-hydroxylation sites is 1. The number of ether oxygens (including phenoxy) is 1. The third-order valence-electron chi connectivity index (χ3n) is 2.85. The van der Waals surface area contributed by atoms with Crippen LogP contribution in [-0.2, 0) is 9.84 Å². The topological polar surface area (TPSA) is 55.4 Å². The van der Waals surface area contributed by atoms with Gasteiger partial charge in [0, 0.05) is 18.5 Å². The fraction of sp³-hybridized carbons (Fsp3) is 0.250. The molecule has 0 fully saturated rings. The van der Waals surface area contributed by atoms with Crippen LogP contribution in [0.1, 0.15) is 6.42 Å². The van der Waals surface area contributed by atoms with E-state index in [2.05, 4.69) is 5.32 Å². The maximum Gasteiger partial charge on any atom is 0.147 e.